The summed E-state index contributed by atoms with van der Waals surface area (Å²) in [5.74, 6) is -1.74. The Labute approximate surface area is 99.4 Å². The molecule has 0 bridgehead atoms. The summed E-state index contributed by atoms with van der Waals surface area (Å²) in [5, 5.41) is 12.0. The van der Waals surface area contributed by atoms with E-state index in [4.69, 9.17) is 4.74 Å². The summed E-state index contributed by atoms with van der Waals surface area (Å²) in [6, 6.07) is 3.54. The molecular weight excluding hydrogens is 225 g/mol. The second-order valence-corrected chi connectivity index (χ2v) is 3.67. The molecular formula is C12H16FNO3. The van der Waals surface area contributed by atoms with Crippen molar-refractivity contribution < 1.29 is 19.0 Å². The second kappa shape index (κ2) is 6.20. The van der Waals surface area contributed by atoms with Crippen LogP contribution in [0.4, 0.5) is 4.39 Å². The lowest BCUT2D eigenvalue weighted by Crippen LogP contribution is -2.37. The number of carbonyl (C=O) groups excluding carboxylic acids is 1. The summed E-state index contributed by atoms with van der Waals surface area (Å²) in [7, 11) is 1.52. The Morgan fingerprint density at radius 1 is 1.59 bits per heavy atom. The molecule has 1 aromatic rings. The zero-order valence-corrected chi connectivity index (χ0v) is 9.87. The van der Waals surface area contributed by atoms with E-state index in [1.807, 2.05) is 6.92 Å². The molecule has 1 atom stereocenters. The number of hydrogen-bond donors (Lipinski definition) is 2. The lowest BCUT2D eigenvalue weighted by Gasteiger charge is -2.16. The molecule has 1 aromatic carbocycles. The van der Waals surface area contributed by atoms with Gasteiger partial charge in [-0.2, -0.15) is 0 Å². The Bertz CT molecular complexity index is 375. The van der Waals surface area contributed by atoms with E-state index in [1.54, 1.807) is 0 Å². The molecule has 1 rings (SSSR count). The predicted octanol–water partition coefficient (Wildman–Crippen LogP) is 1.69. The van der Waals surface area contributed by atoms with E-state index < -0.39 is 11.7 Å². The minimum Gasteiger partial charge on any atom is -0.507 e. The van der Waals surface area contributed by atoms with Crippen LogP contribution >= 0.6 is 0 Å². The van der Waals surface area contributed by atoms with Crippen LogP contribution in [-0.2, 0) is 4.74 Å². The zero-order valence-electron chi connectivity index (χ0n) is 9.87. The van der Waals surface area contributed by atoms with Gasteiger partial charge in [-0.25, -0.2) is 4.39 Å². The number of ether oxygens (including phenoxy) is 1. The van der Waals surface area contributed by atoms with Gasteiger partial charge in [0.15, 0.2) is 0 Å². The molecule has 2 N–H and O–H groups in total. The molecule has 5 heteroatoms. The quantitative estimate of drug-likeness (QED) is 0.824. The normalized spacial score (nSPS) is 12.2. The summed E-state index contributed by atoms with van der Waals surface area (Å²) >= 11 is 0. The number of hydrogen-bond acceptors (Lipinski definition) is 3. The van der Waals surface area contributed by atoms with Crippen LogP contribution in [0.5, 0.6) is 5.75 Å². The van der Waals surface area contributed by atoms with E-state index in [-0.39, 0.29) is 17.4 Å². The van der Waals surface area contributed by atoms with Gasteiger partial charge in [0.2, 0.25) is 0 Å². The summed E-state index contributed by atoms with van der Waals surface area (Å²) in [6.45, 7) is 2.22. The van der Waals surface area contributed by atoms with Gasteiger partial charge in [0, 0.05) is 7.11 Å². The molecule has 0 aliphatic rings. The third-order valence-corrected chi connectivity index (χ3v) is 2.41. The van der Waals surface area contributed by atoms with Gasteiger partial charge in [-0.15, -0.1) is 0 Å². The highest BCUT2D eigenvalue weighted by Gasteiger charge is 2.18. The van der Waals surface area contributed by atoms with Crippen molar-refractivity contribution >= 4 is 5.91 Å². The maximum atomic E-state index is 13.4. The monoisotopic (exact) mass is 241 g/mol. The van der Waals surface area contributed by atoms with Gasteiger partial charge < -0.3 is 15.2 Å². The van der Waals surface area contributed by atoms with Crippen molar-refractivity contribution in [1.82, 2.24) is 5.32 Å². The van der Waals surface area contributed by atoms with Crippen LogP contribution in [0.3, 0.4) is 0 Å². The molecule has 0 spiro atoms. The lowest BCUT2D eigenvalue weighted by atomic mass is 10.1. The number of methoxy groups -OCH3 is 1. The Balaban J connectivity index is 2.82. The van der Waals surface area contributed by atoms with Crippen molar-refractivity contribution in [3.63, 3.8) is 0 Å². The Hall–Kier alpha value is -1.62. The molecule has 17 heavy (non-hydrogen) atoms. The number of nitrogens with one attached hydrogen (secondary N) is 1. The minimum absolute atomic E-state index is 0.202. The van der Waals surface area contributed by atoms with Crippen LogP contribution < -0.4 is 5.32 Å². The molecule has 4 nitrogen and oxygen atoms in total. The smallest absolute Gasteiger partial charge is 0.258 e. The van der Waals surface area contributed by atoms with Crippen LogP contribution in [0.2, 0.25) is 0 Å². The molecule has 0 aliphatic carbocycles. The van der Waals surface area contributed by atoms with Gasteiger partial charge in [0.1, 0.15) is 17.1 Å². The fraction of sp³-hybridized carbons (Fsp3) is 0.417. The van der Waals surface area contributed by atoms with Crippen LogP contribution in [0.15, 0.2) is 18.2 Å². The first-order valence-corrected chi connectivity index (χ1v) is 5.37. The van der Waals surface area contributed by atoms with Crippen molar-refractivity contribution in [2.24, 2.45) is 0 Å². The molecule has 1 amide bonds. The van der Waals surface area contributed by atoms with E-state index in [2.05, 4.69) is 5.32 Å². The van der Waals surface area contributed by atoms with Crippen LogP contribution in [0.25, 0.3) is 0 Å². The number of phenolic OH excluding ortho intramolecular Hbond substituents is 1. The predicted molar refractivity (Wildman–Crippen MR) is 61.5 cm³/mol. The largest absolute Gasteiger partial charge is 0.507 e. The van der Waals surface area contributed by atoms with Crippen molar-refractivity contribution in [2.75, 3.05) is 13.7 Å². The topological polar surface area (TPSA) is 58.6 Å². The highest BCUT2D eigenvalue weighted by Crippen LogP contribution is 2.19. The first kappa shape index (κ1) is 13.4. The molecule has 0 aromatic heterocycles. The van der Waals surface area contributed by atoms with Crippen molar-refractivity contribution in [1.29, 1.82) is 0 Å². The average Bonchev–Trinajstić information content (AvgIpc) is 2.28. The van der Waals surface area contributed by atoms with Crippen LogP contribution in [-0.4, -0.2) is 30.8 Å². The number of rotatable bonds is 5. The number of phenols is 1. The Morgan fingerprint density at radius 2 is 2.29 bits per heavy atom. The van der Waals surface area contributed by atoms with Gasteiger partial charge in [-0.3, -0.25) is 4.79 Å². The van der Waals surface area contributed by atoms with Crippen molar-refractivity contribution in [2.45, 2.75) is 19.4 Å². The van der Waals surface area contributed by atoms with Gasteiger partial charge >= 0.3 is 0 Å². The molecule has 0 saturated heterocycles. The summed E-state index contributed by atoms with van der Waals surface area (Å²) in [4.78, 5) is 11.8. The van der Waals surface area contributed by atoms with E-state index in [0.717, 1.165) is 6.07 Å². The molecule has 1 unspecified atom stereocenters. The first-order valence-electron chi connectivity index (χ1n) is 5.37. The maximum Gasteiger partial charge on any atom is 0.258 e. The summed E-state index contributed by atoms with van der Waals surface area (Å²) < 4.78 is 18.3. The zero-order chi connectivity index (χ0) is 12.8. The van der Waals surface area contributed by atoms with E-state index >= 15 is 0 Å². The van der Waals surface area contributed by atoms with E-state index in [0.29, 0.717) is 13.0 Å². The third-order valence-electron chi connectivity index (χ3n) is 2.41. The third kappa shape index (κ3) is 3.42. The Morgan fingerprint density at radius 3 is 2.82 bits per heavy atom. The number of carbonyl (C=O) groups is 1. The summed E-state index contributed by atoms with van der Waals surface area (Å²) in [6.07, 6.45) is 0.662. The minimum atomic E-state index is -0.741. The van der Waals surface area contributed by atoms with Crippen LogP contribution in [0, 0.1) is 5.82 Å². The highest BCUT2D eigenvalue weighted by atomic mass is 19.1. The standard InChI is InChI=1S/C12H16FNO3/c1-3-8(7-17-2)14-12(16)11-9(13)5-4-6-10(11)15/h4-6,8,15H,3,7H2,1-2H3,(H,14,16). The average molecular weight is 241 g/mol. The number of benzene rings is 1. The van der Waals surface area contributed by atoms with Crippen molar-refractivity contribution in [3.8, 4) is 5.75 Å². The fourth-order valence-electron chi connectivity index (χ4n) is 1.46. The fourth-order valence-corrected chi connectivity index (χ4v) is 1.46. The highest BCUT2D eigenvalue weighted by molar-refractivity contribution is 5.97. The number of aromatic hydroxyl groups is 1. The molecule has 0 heterocycles. The van der Waals surface area contributed by atoms with Gasteiger partial charge in [-0.1, -0.05) is 13.0 Å². The van der Waals surface area contributed by atoms with E-state index in [9.17, 15) is 14.3 Å². The first-order chi connectivity index (χ1) is 8.10. The lowest BCUT2D eigenvalue weighted by molar-refractivity contribution is 0.0888. The van der Waals surface area contributed by atoms with Crippen molar-refractivity contribution in [3.05, 3.63) is 29.6 Å². The van der Waals surface area contributed by atoms with Gasteiger partial charge in [0.05, 0.1) is 12.6 Å². The number of amides is 1. The molecule has 0 fully saturated rings. The Kier molecular flexibility index (Phi) is 4.90. The molecule has 0 saturated carbocycles. The molecule has 0 aliphatic heterocycles. The molecule has 0 radical (unpaired) electrons. The van der Waals surface area contributed by atoms with Gasteiger partial charge in [0.25, 0.3) is 5.91 Å². The number of halogens is 1. The molecule has 94 valence electrons. The summed E-state index contributed by atoms with van der Waals surface area (Å²) in [5.41, 5.74) is -0.331. The second-order valence-electron chi connectivity index (χ2n) is 3.67. The van der Waals surface area contributed by atoms with Crippen LogP contribution in [0.1, 0.15) is 23.7 Å². The maximum absolute atomic E-state index is 13.4. The van der Waals surface area contributed by atoms with Gasteiger partial charge in [-0.05, 0) is 18.6 Å². The SMILES string of the molecule is CCC(COC)NC(=O)c1c(O)cccc1F. The van der Waals surface area contributed by atoms with E-state index in [1.165, 1.54) is 19.2 Å².